The van der Waals surface area contributed by atoms with Crippen molar-refractivity contribution in [1.29, 1.82) is 0 Å². The Balaban J connectivity index is 1.46. The number of hydrogen-bond acceptors (Lipinski definition) is 4. The first kappa shape index (κ1) is 27.0. The first-order valence-corrected chi connectivity index (χ1v) is 13.7. The van der Waals surface area contributed by atoms with E-state index in [1.807, 2.05) is 60.7 Å². The molecule has 0 unspecified atom stereocenters. The van der Waals surface area contributed by atoms with Crippen LogP contribution in [-0.2, 0) is 24.5 Å². The lowest BCUT2D eigenvalue weighted by Gasteiger charge is -2.16. The molecule has 1 heterocycles. The molecule has 1 amide bonds. The molecule has 0 N–H and O–H groups in total. The average Bonchev–Trinajstić information content (AvgIpc) is 3.21. The Bertz CT molecular complexity index is 1550. The minimum Gasteiger partial charge on any atom is -0.487 e. The lowest BCUT2D eigenvalue weighted by Crippen LogP contribution is -2.28. The first-order chi connectivity index (χ1) is 19.0. The third-order valence-electron chi connectivity index (χ3n) is 5.91. The van der Waals surface area contributed by atoms with E-state index in [4.69, 9.17) is 32.9 Å². The van der Waals surface area contributed by atoms with Crippen LogP contribution in [0.25, 0.3) is 6.08 Å². The third kappa shape index (κ3) is 6.90. The van der Waals surface area contributed by atoms with Gasteiger partial charge in [-0.2, -0.15) is 0 Å². The van der Waals surface area contributed by atoms with E-state index < -0.39 is 0 Å². The topological polar surface area (TPSA) is 41.9 Å². The second-order valence-electron chi connectivity index (χ2n) is 8.80. The largest absolute Gasteiger partial charge is 0.487 e. The van der Waals surface area contributed by atoms with Gasteiger partial charge in [0.25, 0.3) is 5.91 Å². The van der Waals surface area contributed by atoms with Gasteiger partial charge in [0, 0.05) is 10.6 Å². The Labute approximate surface area is 240 Å². The van der Waals surface area contributed by atoms with Gasteiger partial charge in [-0.15, -0.1) is 0 Å². The maximum Gasteiger partial charge on any atom is 0.267 e. The van der Waals surface area contributed by atoms with Gasteiger partial charge >= 0.3 is 0 Å². The van der Waals surface area contributed by atoms with Crippen molar-refractivity contribution in [3.05, 3.63) is 140 Å². The van der Waals surface area contributed by atoms with E-state index in [0.29, 0.717) is 50.1 Å². The summed E-state index contributed by atoms with van der Waals surface area (Å²) in [6, 6.07) is 29.1. The van der Waals surface area contributed by atoms with E-state index in [2.05, 4.69) is 0 Å². The monoisotopic (exact) mass is 576 g/mol. The normalized spacial score (nSPS) is 15.4. The van der Waals surface area contributed by atoms with Crippen molar-refractivity contribution in [1.82, 2.24) is 4.90 Å². The third-order valence-corrected chi connectivity index (χ3v) is 7.45. The molecule has 0 spiro atoms. The van der Waals surface area contributed by atoms with E-state index in [9.17, 15) is 9.18 Å². The average molecular weight is 578 g/mol. The fourth-order valence-corrected chi connectivity index (χ4v) is 5.57. The number of hydrogen-bond donors (Lipinski definition) is 0. The van der Waals surface area contributed by atoms with Gasteiger partial charge in [0.05, 0.1) is 23.0 Å². The number of nitrogens with zero attached hydrogens (tertiary/aromatic N) is 2. The molecule has 0 saturated carbocycles. The fraction of sp³-hybridized carbons (Fsp3) is 0.0968. The summed E-state index contributed by atoms with van der Waals surface area (Å²) >= 11 is 14.1. The van der Waals surface area contributed by atoms with Crippen LogP contribution in [0.3, 0.4) is 0 Å². The lowest BCUT2D eigenvalue weighted by atomic mass is 10.1. The summed E-state index contributed by atoms with van der Waals surface area (Å²) in [6.07, 6.45) is 1.72. The van der Waals surface area contributed by atoms with Gasteiger partial charge < -0.3 is 4.74 Å². The first-order valence-electron chi connectivity index (χ1n) is 12.2. The summed E-state index contributed by atoms with van der Waals surface area (Å²) in [5.41, 5.74) is 3.23. The fourth-order valence-electron chi connectivity index (χ4n) is 4.04. The number of carbonyl (C=O) groups excluding carboxylic acids is 1. The highest BCUT2D eigenvalue weighted by atomic mass is 35.5. The summed E-state index contributed by atoms with van der Waals surface area (Å²) in [6.45, 7) is 0.928. The number of halogens is 3. The number of benzene rings is 4. The number of amides is 1. The predicted octanol–water partition coefficient (Wildman–Crippen LogP) is 8.38. The van der Waals surface area contributed by atoms with Crippen LogP contribution in [0.2, 0.25) is 10.0 Å². The maximum absolute atomic E-state index is 13.7. The summed E-state index contributed by atoms with van der Waals surface area (Å²) in [5.74, 6) is -0.173. The van der Waals surface area contributed by atoms with E-state index in [-0.39, 0.29) is 18.3 Å². The van der Waals surface area contributed by atoms with Crippen molar-refractivity contribution < 1.29 is 13.9 Å². The quantitative estimate of drug-likeness (QED) is 0.198. The molecule has 0 radical (unpaired) electrons. The van der Waals surface area contributed by atoms with E-state index >= 15 is 0 Å². The van der Waals surface area contributed by atoms with Crippen molar-refractivity contribution in [2.45, 2.75) is 19.7 Å². The second kappa shape index (κ2) is 12.5. The molecule has 196 valence electrons. The van der Waals surface area contributed by atoms with Crippen LogP contribution in [0.1, 0.15) is 22.3 Å². The molecule has 1 aliphatic rings. The molecule has 0 bridgehead atoms. The van der Waals surface area contributed by atoms with E-state index in [1.54, 1.807) is 35.2 Å². The molecule has 8 heteroatoms. The molecule has 0 atom stereocenters. The SMILES string of the molecule is O=C1/C(=C\c2cc(Cl)cc(Cl)c2OCc2cccc(F)c2)SC(=NCc2ccccc2)N1Cc1ccccc1. The minimum atomic E-state index is -0.352. The molecule has 4 aromatic carbocycles. The molecular formula is C31H23Cl2FN2O2S. The number of ether oxygens (including phenoxy) is 1. The highest BCUT2D eigenvalue weighted by molar-refractivity contribution is 8.18. The van der Waals surface area contributed by atoms with Crippen LogP contribution >= 0.6 is 35.0 Å². The Kier molecular flexibility index (Phi) is 8.67. The smallest absolute Gasteiger partial charge is 0.267 e. The molecule has 4 nitrogen and oxygen atoms in total. The summed E-state index contributed by atoms with van der Waals surface area (Å²) < 4.78 is 19.7. The Morgan fingerprint density at radius 2 is 1.56 bits per heavy atom. The van der Waals surface area contributed by atoms with Gasteiger partial charge in [-0.3, -0.25) is 14.7 Å². The standard InChI is InChI=1S/C31H23Cl2FN2O2S/c32-25-15-24(29(27(33)17-25)38-20-23-12-7-13-26(34)14-23)16-28-30(37)36(19-22-10-5-2-6-11-22)31(39-28)35-18-21-8-3-1-4-9-21/h1-17H,18-20H2/b28-16+,35-31?. The zero-order valence-electron chi connectivity index (χ0n) is 20.7. The summed E-state index contributed by atoms with van der Waals surface area (Å²) in [5, 5.41) is 1.30. The number of rotatable bonds is 8. The molecule has 1 fully saturated rings. The lowest BCUT2D eigenvalue weighted by molar-refractivity contribution is -0.122. The number of thioether (sulfide) groups is 1. The van der Waals surface area contributed by atoms with E-state index in [1.165, 1.54) is 23.9 Å². The van der Waals surface area contributed by atoms with Crippen LogP contribution in [0, 0.1) is 5.82 Å². The molecule has 5 rings (SSSR count). The van der Waals surface area contributed by atoms with Crippen LogP contribution in [0.4, 0.5) is 4.39 Å². The van der Waals surface area contributed by atoms with Crippen LogP contribution in [0.15, 0.2) is 107 Å². The maximum atomic E-state index is 13.7. The molecule has 0 aliphatic carbocycles. The van der Waals surface area contributed by atoms with Gasteiger partial charge in [-0.1, -0.05) is 96.0 Å². The van der Waals surface area contributed by atoms with Crippen molar-refractivity contribution in [3.8, 4) is 5.75 Å². The Morgan fingerprint density at radius 1 is 0.872 bits per heavy atom. The van der Waals surface area contributed by atoms with E-state index in [0.717, 1.165) is 11.1 Å². The predicted molar refractivity (Wildman–Crippen MR) is 157 cm³/mol. The highest BCUT2D eigenvalue weighted by Crippen LogP contribution is 2.39. The summed E-state index contributed by atoms with van der Waals surface area (Å²) in [7, 11) is 0. The Hall–Kier alpha value is -3.58. The van der Waals surface area contributed by atoms with Gasteiger partial charge in [-0.25, -0.2) is 4.39 Å². The van der Waals surface area contributed by atoms with Gasteiger partial charge in [0.2, 0.25) is 0 Å². The molecule has 4 aromatic rings. The molecule has 0 aromatic heterocycles. The zero-order valence-corrected chi connectivity index (χ0v) is 23.0. The highest BCUT2D eigenvalue weighted by Gasteiger charge is 2.33. The number of amidine groups is 1. The molecule has 1 aliphatic heterocycles. The minimum absolute atomic E-state index is 0.0975. The zero-order chi connectivity index (χ0) is 27.2. The number of carbonyl (C=O) groups is 1. The van der Waals surface area contributed by atoms with Crippen molar-refractivity contribution in [2.24, 2.45) is 4.99 Å². The van der Waals surface area contributed by atoms with Crippen molar-refractivity contribution in [3.63, 3.8) is 0 Å². The van der Waals surface area contributed by atoms with Crippen LogP contribution < -0.4 is 4.74 Å². The van der Waals surface area contributed by atoms with Gasteiger partial charge in [0.15, 0.2) is 5.17 Å². The van der Waals surface area contributed by atoms with Crippen molar-refractivity contribution in [2.75, 3.05) is 0 Å². The van der Waals surface area contributed by atoms with Crippen LogP contribution in [0.5, 0.6) is 5.75 Å². The van der Waals surface area contributed by atoms with Crippen LogP contribution in [-0.4, -0.2) is 16.0 Å². The summed E-state index contributed by atoms with van der Waals surface area (Å²) in [4.78, 5) is 20.6. The van der Waals surface area contributed by atoms with Crippen molar-refractivity contribution >= 4 is 52.1 Å². The molecule has 39 heavy (non-hydrogen) atoms. The second-order valence-corrected chi connectivity index (χ2v) is 10.6. The molecule has 1 saturated heterocycles. The molecular weight excluding hydrogens is 554 g/mol. The van der Waals surface area contributed by atoms with Gasteiger partial charge in [0.1, 0.15) is 18.2 Å². The number of aliphatic imine (C=N–C) groups is 1. The Morgan fingerprint density at radius 3 is 2.28 bits per heavy atom. The van der Waals surface area contributed by atoms with Gasteiger partial charge in [-0.05, 0) is 58.8 Å².